The summed E-state index contributed by atoms with van der Waals surface area (Å²) in [6, 6.07) is 5.70. The topological polar surface area (TPSA) is 20.2 Å². The summed E-state index contributed by atoms with van der Waals surface area (Å²) in [5.41, 5.74) is 2.97. The minimum atomic E-state index is 0.373. The number of hydrogen-bond acceptors (Lipinski definition) is 1. The van der Waals surface area contributed by atoms with Gasteiger partial charge in [0.2, 0.25) is 0 Å². The summed E-state index contributed by atoms with van der Waals surface area (Å²) in [6.45, 7) is 7.77. The molecule has 0 bridgehead atoms. The van der Waals surface area contributed by atoms with Gasteiger partial charge in [-0.05, 0) is 30.5 Å². The molecule has 0 saturated carbocycles. The van der Waals surface area contributed by atoms with Crippen LogP contribution in [0.4, 0.5) is 0 Å². The second-order valence-corrected chi connectivity index (χ2v) is 2.98. The monoisotopic (exact) mass is 162 g/mol. The molecule has 0 amide bonds. The number of allylic oxidation sites excluding steroid dienone is 1. The summed E-state index contributed by atoms with van der Waals surface area (Å²) in [7, 11) is 0. The maximum atomic E-state index is 9.50. The Morgan fingerprint density at radius 3 is 2.58 bits per heavy atom. The summed E-state index contributed by atoms with van der Waals surface area (Å²) in [6.07, 6.45) is 0.863. The molecule has 0 saturated heterocycles. The van der Waals surface area contributed by atoms with Crippen molar-refractivity contribution in [3.8, 4) is 5.75 Å². The normalized spacial score (nSPS) is 9.83. The first-order chi connectivity index (χ1) is 5.65. The summed E-state index contributed by atoms with van der Waals surface area (Å²) in [4.78, 5) is 0. The second kappa shape index (κ2) is 3.44. The van der Waals surface area contributed by atoms with Crippen molar-refractivity contribution in [1.82, 2.24) is 0 Å². The smallest absolute Gasteiger partial charge is 0.119 e. The molecule has 0 aliphatic heterocycles. The van der Waals surface area contributed by atoms with Crippen LogP contribution in [0, 0.1) is 0 Å². The molecule has 0 radical (unpaired) electrons. The van der Waals surface area contributed by atoms with Gasteiger partial charge in [-0.1, -0.05) is 31.2 Å². The lowest BCUT2D eigenvalue weighted by atomic mass is 10.0. The molecule has 0 atom stereocenters. The van der Waals surface area contributed by atoms with Crippen LogP contribution in [-0.2, 0) is 6.42 Å². The maximum absolute atomic E-state index is 9.50. The largest absolute Gasteiger partial charge is 0.508 e. The standard InChI is InChI=1S/C11H14O/c1-4-9-5-6-10(8(2)3)7-11(9)12/h5-7,12H,2,4H2,1,3H3. The van der Waals surface area contributed by atoms with E-state index in [1.54, 1.807) is 6.07 Å². The molecule has 1 rings (SSSR count). The molecule has 0 heterocycles. The SMILES string of the molecule is C=C(C)c1ccc(CC)c(O)c1. The van der Waals surface area contributed by atoms with E-state index in [2.05, 4.69) is 6.58 Å². The first kappa shape index (κ1) is 8.85. The molecule has 0 aliphatic carbocycles. The highest BCUT2D eigenvalue weighted by molar-refractivity contribution is 5.63. The molecular formula is C11H14O. The third-order valence-corrected chi connectivity index (χ3v) is 1.96. The third kappa shape index (κ3) is 1.67. The lowest BCUT2D eigenvalue weighted by Gasteiger charge is -2.04. The van der Waals surface area contributed by atoms with Gasteiger partial charge in [0, 0.05) is 0 Å². The number of phenols is 1. The molecule has 1 heteroatoms. The molecule has 0 aliphatic rings. The first-order valence-corrected chi connectivity index (χ1v) is 4.13. The van der Waals surface area contributed by atoms with Gasteiger partial charge in [-0.3, -0.25) is 0 Å². The van der Waals surface area contributed by atoms with Crippen LogP contribution < -0.4 is 0 Å². The average Bonchev–Trinajstić information content (AvgIpc) is 2.04. The van der Waals surface area contributed by atoms with E-state index in [1.165, 1.54) is 0 Å². The fraction of sp³-hybridized carbons (Fsp3) is 0.273. The quantitative estimate of drug-likeness (QED) is 0.708. The van der Waals surface area contributed by atoms with E-state index >= 15 is 0 Å². The molecule has 64 valence electrons. The van der Waals surface area contributed by atoms with Crippen molar-refractivity contribution in [2.75, 3.05) is 0 Å². The van der Waals surface area contributed by atoms with E-state index in [9.17, 15) is 5.11 Å². The highest BCUT2D eigenvalue weighted by Crippen LogP contribution is 2.22. The highest BCUT2D eigenvalue weighted by Gasteiger charge is 2.00. The van der Waals surface area contributed by atoms with Crippen LogP contribution in [0.2, 0.25) is 0 Å². The van der Waals surface area contributed by atoms with E-state index in [0.29, 0.717) is 5.75 Å². The number of aryl methyl sites for hydroxylation is 1. The van der Waals surface area contributed by atoms with Crippen LogP contribution in [0.5, 0.6) is 5.75 Å². The summed E-state index contributed by atoms with van der Waals surface area (Å²) < 4.78 is 0. The Hall–Kier alpha value is -1.24. The zero-order chi connectivity index (χ0) is 9.14. The summed E-state index contributed by atoms with van der Waals surface area (Å²) in [5.74, 6) is 0.373. The number of phenolic OH excluding ortho intramolecular Hbond substituents is 1. The summed E-state index contributed by atoms with van der Waals surface area (Å²) >= 11 is 0. The zero-order valence-corrected chi connectivity index (χ0v) is 7.59. The predicted molar refractivity (Wildman–Crippen MR) is 52.2 cm³/mol. The Balaban J connectivity index is 3.10. The molecule has 1 aromatic rings. The Kier molecular flexibility index (Phi) is 2.54. The molecular weight excluding hydrogens is 148 g/mol. The second-order valence-electron chi connectivity index (χ2n) is 2.98. The predicted octanol–water partition coefficient (Wildman–Crippen LogP) is 2.99. The fourth-order valence-corrected chi connectivity index (χ4v) is 1.13. The van der Waals surface area contributed by atoms with Crippen molar-refractivity contribution in [3.63, 3.8) is 0 Å². The molecule has 1 N–H and O–H groups in total. The average molecular weight is 162 g/mol. The van der Waals surface area contributed by atoms with E-state index < -0.39 is 0 Å². The van der Waals surface area contributed by atoms with Crippen molar-refractivity contribution in [1.29, 1.82) is 0 Å². The van der Waals surface area contributed by atoms with Crippen LogP contribution in [0.25, 0.3) is 5.57 Å². The molecule has 0 unspecified atom stereocenters. The van der Waals surface area contributed by atoms with Crippen molar-refractivity contribution in [2.24, 2.45) is 0 Å². The van der Waals surface area contributed by atoms with Gasteiger partial charge in [0.05, 0.1) is 0 Å². The highest BCUT2D eigenvalue weighted by atomic mass is 16.3. The van der Waals surface area contributed by atoms with Crippen LogP contribution in [0.1, 0.15) is 25.0 Å². The van der Waals surface area contributed by atoms with Gasteiger partial charge in [-0.2, -0.15) is 0 Å². The maximum Gasteiger partial charge on any atom is 0.119 e. The zero-order valence-electron chi connectivity index (χ0n) is 7.59. The third-order valence-electron chi connectivity index (χ3n) is 1.96. The minimum Gasteiger partial charge on any atom is -0.508 e. The van der Waals surface area contributed by atoms with Crippen molar-refractivity contribution < 1.29 is 5.11 Å². The van der Waals surface area contributed by atoms with Gasteiger partial charge < -0.3 is 5.11 Å². The molecule has 0 spiro atoms. The molecule has 0 fully saturated rings. The number of rotatable bonds is 2. The summed E-state index contributed by atoms with van der Waals surface area (Å²) in [5, 5.41) is 9.50. The minimum absolute atomic E-state index is 0.373. The number of aromatic hydroxyl groups is 1. The van der Waals surface area contributed by atoms with Gasteiger partial charge in [0.25, 0.3) is 0 Å². The molecule has 0 aromatic heterocycles. The van der Waals surface area contributed by atoms with Gasteiger partial charge >= 0.3 is 0 Å². The first-order valence-electron chi connectivity index (χ1n) is 4.13. The number of benzene rings is 1. The van der Waals surface area contributed by atoms with Crippen LogP contribution in [-0.4, -0.2) is 5.11 Å². The molecule has 1 nitrogen and oxygen atoms in total. The molecule has 12 heavy (non-hydrogen) atoms. The van der Waals surface area contributed by atoms with Gasteiger partial charge in [0.15, 0.2) is 0 Å². The Morgan fingerprint density at radius 2 is 2.17 bits per heavy atom. The van der Waals surface area contributed by atoms with Crippen molar-refractivity contribution in [3.05, 3.63) is 35.9 Å². The van der Waals surface area contributed by atoms with Gasteiger partial charge in [-0.25, -0.2) is 0 Å². The Bertz CT molecular complexity index is 300. The molecule has 1 aromatic carbocycles. The van der Waals surface area contributed by atoms with E-state index in [0.717, 1.165) is 23.1 Å². The van der Waals surface area contributed by atoms with E-state index in [1.807, 2.05) is 26.0 Å². The van der Waals surface area contributed by atoms with Crippen LogP contribution >= 0.6 is 0 Å². The Labute approximate surface area is 73.4 Å². The van der Waals surface area contributed by atoms with E-state index in [4.69, 9.17) is 0 Å². The fourth-order valence-electron chi connectivity index (χ4n) is 1.13. The Morgan fingerprint density at radius 1 is 1.50 bits per heavy atom. The van der Waals surface area contributed by atoms with E-state index in [-0.39, 0.29) is 0 Å². The van der Waals surface area contributed by atoms with Crippen molar-refractivity contribution in [2.45, 2.75) is 20.3 Å². The van der Waals surface area contributed by atoms with Crippen molar-refractivity contribution >= 4 is 5.57 Å². The van der Waals surface area contributed by atoms with Crippen LogP contribution in [0.15, 0.2) is 24.8 Å². The lowest BCUT2D eigenvalue weighted by molar-refractivity contribution is 0.468. The van der Waals surface area contributed by atoms with Gasteiger partial charge in [0.1, 0.15) is 5.75 Å². The van der Waals surface area contributed by atoms with Crippen LogP contribution in [0.3, 0.4) is 0 Å². The van der Waals surface area contributed by atoms with Gasteiger partial charge in [-0.15, -0.1) is 0 Å². The number of hydrogen-bond donors (Lipinski definition) is 1. The lowest BCUT2D eigenvalue weighted by Crippen LogP contribution is -1.84.